The summed E-state index contributed by atoms with van der Waals surface area (Å²) >= 11 is 1.47. The van der Waals surface area contributed by atoms with E-state index in [1.165, 1.54) is 22.9 Å². The number of primary amides is 1. The Labute approximate surface area is 105 Å². The highest BCUT2D eigenvalue weighted by atomic mass is 32.2. The van der Waals surface area contributed by atoms with E-state index in [1.807, 2.05) is 31.2 Å². The highest BCUT2D eigenvalue weighted by Gasteiger charge is 2.14. The summed E-state index contributed by atoms with van der Waals surface area (Å²) in [5, 5.41) is 1.77. The van der Waals surface area contributed by atoms with Crippen LogP contribution in [0.25, 0.3) is 0 Å². The molecule has 92 valence electrons. The number of nitrogens with one attached hydrogen (secondary N) is 1. The molecule has 3 amide bonds. The maximum Gasteiger partial charge on any atom is 0.318 e. The first-order valence-electron chi connectivity index (χ1n) is 5.27. The second-order valence-electron chi connectivity index (χ2n) is 3.73. The van der Waals surface area contributed by atoms with Crippen molar-refractivity contribution in [2.75, 3.05) is 0 Å². The van der Waals surface area contributed by atoms with Crippen LogP contribution in [0.1, 0.15) is 18.1 Å². The number of rotatable bonds is 4. The summed E-state index contributed by atoms with van der Waals surface area (Å²) in [6.07, 6.45) is 0. The van der Waals surface area contributed by atoms with Crippen LogP contribution in [-0.4, -0.2) is 17.2 Å². The molecule has 0 radical (unpaired) electrons. The zero-order chi connectivity index (χ0) is 12.8. The van der Waals surface area contributed by atoms with Gasteiger partial charge in [0.05, 0.1) is 5.25 Å². The van der Waals surface area contributed by atoms with Gasteiger partial charge in [0.1, 0.15) is 0 Å². The maximum atomic E-state index is 11.4. The normalized spacial score (nSPS) is 11.9. The number of nitrogens with two attached hydrogens (primary N) is 1. The zero-order valence-electron chi connectivity index (χ0n) is 9.90. The summed E-state index contributed by atoms with van der Waals surface area (Å²) in [6, 6.07) is 7.20. The van der Waals surface area contributed by atoms with Crippen molar-refractivity contribution in [3.8, 4) is 0 Å². The molecular formula is C12H16N2O2S. The molecule has 1 aromatic carbocycles. The summed E-state index contributed by atoms with van der Waals surface area (Å²) < 4.78 is 0. The maximum absolute atomic E-state index is 11.4. The van der Waals surface area contributed by atoms with Crippen LogP contribution in [0.3, 0.4) is 0 Å². The Kier molecular flexibility index (Phi) is 5.03. The van der Waals surface area contributed by atoms with Gasteiger partial charge in [-0.05, 0) is 25.0 Å². The Balaban J connectivity index is 2.48. The van der Waals surface area contributed by atoms with E-state index in [2.05, 4.69) is 5.32 Å². The topological polar surface area (TPSA) is 72.2 Å². The minimum absolute atomic E-state index is 0.304. The van der Waals surface area contributed by atoms with Gasteiger partial charge in [-0.3, -0.25) is 10.1 Å². The molecule has 1 atom stereocenters. The SMILES string of the molecule is Cc1ccccc1CSC(C)C(=O)NC(N)=O. The van der Waals surface area contributed by atoms with E-state index in [1.54, 1.807) is 6.92 Å². The number of thioether (sulfide) groups is 1. The summed E-state index contributed by atoms with van der Waals surface area (Å²) in [5.41, 5.74) is 7.27. The molecule has 0 fully saturated rings. The second kappa shape index (κ2) is 6.30. The zero-order valence-corrected chi connectivity index (χ0v) is 10.7. The fraction of sp³-hybridized carbons (Fsp3) is 0.333. The smallest absolute Gasteiger partial charge is 0.318 e. The third kappa shape index (κ3) is 4.48. The van der Waals surface area contributed by atoms with Crippen molar-refractivity contribution in [2.45, 2.75) is 24.9 Å². The molecule has 0 bridgehead atoms. The molecule has 3 N–H and O–H groups in total. The summed E-state index contributed by atoms with van der Waals surface area (Å²) in [5.74, 6) is 0.385. The number of carbonyl (C=O) groups is 2. The van der Waals surface area contributed by atoms with Gasteiger partial charge in [0, 0.05) is 5.75 Å². The molecule has 0 aliphatic heterocycles. The highest BCUT2D eigenvalue weighted by molar-refractivity contribution is 7.99. The van der Waals surface area contributed by atoms with Gasteiger partial charge in [-0.15, -0.1) is 11.8 Å². The molecule has 0 aliphatic rings. The summed E-state index contributed by atoms with van der Waals surface area (Å²) in [4.78, 5) is 22.0. The predicted molar refractivity (Wildman–Crippen MR) is 69.7 cm³/mol. The van der Waals surface area contributed by atoms with Crippen molar-refractivity contribution in [2.24, 2.45) is 5.73 Å². The van der Waals surface area contributed by atoms with E-state index in [9.17, 15) is 9.59 Å². The standard InChI is InChI=1S/C12H16N2O2S/c1-8-5-3-4-6-10(8)7-17-9(2)11(15)14-12(13)16/h3-6,9H,7H2,1-2H3,(H3,13,14,15,16). The quantitative estimate of drug-likeness (QED) is 0.858. The average Bonchev–Trinajstić information content (AvgIpc) is 2.26. The third-order valence-electron chi connectivity index (χ3n) is 2.37. The Morgan fingerprint density at radius 2 is 2.06 bits per heavy atom. The molecule has 0 aliphatic carbocycles. The molecule has 17 heavy (non-hydrogen) atoms. The van der Waals surface area contributed by atoms with Crippen LogP contribution in [0.4, 0.5) is 4.79 Å². The average molecular weight is 252 g/mol. The number of carbonyl (C=O) groups excluding carboxylic acids is 2. The van der Waals surface area contributed by atoms with E-state index >= 15 is 0 Å². The minimum Gasteiger partial charge on any atom is -0.351 e. The van der Waals surface area contributed by atoms with Gasteiger partial charge >= 0.3 is 6.03 Å². The highest BCUT2D eigenvalue weighted by Crippen LogP contribution is 2.19. The molecule has 1 unspecified atom stereocenters. The number of urea groups is 1. The van der Waals surface area contributed by atoms with E-state index < -0.39 is 6.03 Å². The fourth-order valence-corrected chi connectivity index (χ4v) is 2.25. The number of amides is 3. The van der Waals surface area contributed by atoms with Crippen LogP contribution in [-0.2, 0) is 10.5 Å². The van der Waals surface area contributed by atoms with E-state index in [4.69, 9.17) is 5.73 Å². The third-order valence-corrected chi connectivity index (χ3v) is 3.56. The number of hydrogen-bond acceptors (Lipinski definition) is 3. The second-order valence-corrected chi connectivity index (χ2v) is 5.06. The van der Waals surface area contributed by atoms with Crippen molar-refractivity contribution < 1.29 is 9.59 Å². The molecule has 1 rings (SSSR count). The predicted octanol–water partition coefficient (Wildman–Crippen LogP) is 1.81. The van der Waals surface area contributed by atoms with Crippen LogP contribution in [0.5, 0.6) is 0 Å². The van der Waals surface area contributed by atoms with Crippen LogP contribution >= 0.6 is 11.8 Å². The summed E-state index contributed by atoms with van der Waals surface area (Å²) in [7, 11) is 0. The lowest BCUT2D eigenvalue weighted by atomic mass is 10.1. The molecule has 1 aromatic rings. The van der Waals surface area contributed by atoms with Gasteiger partial charge in [-0.1, -0.05) is 24.3 Å². The lowest BCUT2D eigenvalue weighted by Crippen LogP contribution is -2.39. The first kappa shape index (κ1) is 13.6. The van der Waals surface area contributed by atoms with Crippen molar-refractivity contribution in [3.05, 3.63) is 35.4 Å². The van der Waals surface area contributed by atoms with Crippen LogP contribution in [0, 0.1) is 6.92 Å². The molecule has 0 saturated heterocycles. The van der Waals surface area contributed by atoms with Gasteiger partial charge in [0.15, 0.2) is 0 Å². The van der Waals surface area contributed by atoms with Crippen LogP contribution < -0.4 is 11.1 Å². The van der Waals surface area contributed by atoms with E-state index in [-0.39, 0.29) is 11.2 Å². The molecule has 0 saturated carbocycles. The molecule has 0 spiro atoms. The summed E-state index contributed by atoms with van der Waals surface area (Å²) in [6.45, 7) is 3.78. The number of aryl methyl sites for hydroxylation is 1. The lowest BCUT2D eigenvalue weighted by molar-refractivity contribution is -0.119. The van der Waals surface area contributed by atoms with Gasteiger partial charge in [-0.25, -0.2) is 4.79 Å². The monoisotopic (exact) mass is 252 g/mol. The Hall–Kier alpha value is -1.49. The number of imide groups is 1. The Morgan fingerprint density at radius 1 is 1.41 bits per heavy atom. The molecular weight excluding hydrogens is 236 g/mol. The van der Waals surface area contributed by atoms with Gasteiger partial charge in [-0.2, -0.15) is 0 Å². The fourth-order valence-electron chi connectivity index (χ4n) is 1.29. The van der Waals surface area contributed by atoms with E-state index in [0.717, 1.165) is 5.75 Å². The van der Waals surface area contributed by atoms with Crippen LogP contribution in [0.15, 0.2) is 24.3 Å². The van der Waals surface area contributed by atoms with E-state index in [0.29, 0.717) is 0 Å². The van der Waals surface area contributed by atoms with Crippen molar-refractivity contribution >= 4 is 23.7 Å². The molecule has 0 aromatic heterocycles. The van der Waals surface area contributed by atoms with Crippen molar-refractivity contribution in [1.82, 2.24) is 5.32 Å². The van der Waals surface area contributed by atoms with Gasteiger partial charge < -0.3 is 5.73 Å². The van der Waals surface area contributed by atoms with Crippen molar-refractivity contribution in [1.29, 1.82) is 0 Å². The number of hydrogen-bond donors (Lipinski definition) is 2. The molecule has 4 nitrogen and oxygen atoms in total. The minimum atomic E-state index is -0.807. The lowest BCUT2D eigenvalue weighted by Gasteiger charge is -2.11. The Morgan fingerprint density at radius 3 is 2.65 bits per heavy atom. The van der Waals surface area contributed by atoms with Crippen LogP contribution in [0.2, 0.25) is 0 Å². The molecule has 5 heteroatoms. The first-order chi connectivity index (χ1) is 8.00. The first-order valence-corrected chi connectivity index (χ1v) is 6.32. The Bertz CT molecular complexity index is 421. The largest absolute Gasteiger partial charge is 0.351 e. The van der Waals surface area contributed by atoms with Gasteiger partial charge in [0.2, 0.25) is 5.91 Å². The molecule has 0 heterocycles. The van der Waals surface area contributed by atoms with Gasteiger partial charge in [0.25, 0.3) is 0 Å². The number of benzene rings is 1. The van der Waals surface area contributed by atoms with Crippen molar-refractivity contribution in [3.63, 3.8) is 0 Å².